The van der Waals surface area contributed by atoms with Crippen molar-refractivity contribution < 1.29 is 14.7 Å². The molecule has 7 nitrogen and oxygen atoms in total. The van der Waals surface area contributed by atoms with Gasteiger partial charge in [0.2, 0.25) is 5.90 Å². The van der Waals surface area contributed by atoms with E-state index in [2.05, 4.69) is 15.2 Å². The van der Waals surface area contributed by atoms with Gasteiger partial charge < -0.3 is 14.7 Å². The molecule has 7 heteroatoms. The monoisotopic (exact) mass is 350 g/mol. The molecule has 3 heterocycles. The third-order valence-corrected chi connectivity index (χ3v) is 4.29. The van der Waals surface area contributed by atoms with Gasteiger partial charge in [-0.3, -0.25) is 9.67 Å². The molecule has 0 amide bonds. The molecule has 1 N–H and O–H groups in total. The second-order valence-corrected chi connectivity index (χ2v) is 6.41. The van der Waals surface area contributed by atoms with E-state index in [1.54, 1.807) is 29.2 Å². The molecule has 26 heavy (non-hydrogen) atoms. The number of aromatic hydroxyl groups is 1. The zero-order valence-corrected chi connectivity index (χ0v) is 14.5. The lowest BCUT2D eigenvalue weighted by atomic mass is 9.93. The number of nitrogens with zero attached hydrogens (tertiary/aromatic N) is 4. The number of benzene rings is 1. The van der Waals surface area contributed by atoms with Gasteiger partial charge in [-0.05, 0) is 36.8 Å². The number of aryl methyl sites for hydroxylation is 1. The van der Waals surface area contributed by atoms with Crippen LogP contribution in [0.1, 0.15) is 18.9 Å². The Balaban J connectivity index is 1.44. The highest BCUT2D eigenvalue weighted by molar-refractivity contribution is 5.80. The van der Waals surface area contributed by atoms with Crippen LogP contribution in [0.4, 0.5) is 0 Å². The number of pyridine rings is 1. The van der Waals surface area contributed by atoms with E-state index in [0.717, 1.165) is 16.8 Å². The van der Waals surface area contributed by atoms with E-state index in [1.165, 1.54) is 0 Å². The Morgan fingerprint density at radius 2 is 1.96 bits per heavy atom. The van der Waals surface area contributed by atoms with Gasteiger partial charge in [0.1, 0.15) is 11.5 Å². The van der Waals surface area contributed by atoms with E-state index in [9.17, 15) is 5.11 Å². The molecule has 1 atom stereocenters. The predicted molar refractivity (Wildman–Crippen MR) is 95.7 cm³/mol. The molecule has 132 valence electrons. The molecule has 2 aromatic heterocycles. The minimum Gasteiger partial charge on any atom is -0.508 e. The summed E-state index contributed by atoms with van der Waals surface area (Å²) in [6.07, 6.45) is 5.81. The van der Waals surface area contributed by atoms with Crippen molar-refractivity contribution in [3.8, 4) is 22.8 Å². The fourth-order valence-electron chi connectivity index (χ4n) is 2.83. The zero-order chi connectivity index (χ0) is 18.1. The van der Waals surface area contributed by atoms with E-state index in [0.29, 0.717) is 18.1 Å². The fraction of sp³-hybridized carbons (Fsp3) is 0.211. The summed E-state index contributed by atoms with van der Waals surface area (Å²) in [5.74, 6) is 1.29. The molecular weight excluding hydrogens is 332 g/mol. The third-order valence-electron chi connectivity index (χ3n) is 4.29. The molecule has 0 aliphatic carbocycles. The largest absolute Gasteiger partial charge is 0.508 e. The van der Waals surface area contributed by atoms with Crippen molar-refractivity contribution in [1.82, 2.24) is 14.8 Å². The summed E-state index contributed by atoms with van der Waals surface area (Å²) in [5.41, 5.74) is 2.07. The van der Waals surface area contributed by atoms with Crippen LogP contribution < -0.4 is 4.74 Å². The number of ether oxygens (including phenoxy) is 1. The maximum atomic E-state index is 9.43. The first-order valence-electron chi connectivity index (χ1n) is 8.19. The Morgan fingerprint density at radius 1 is 1.15 bits per heavy atom. The van der Waals surface area contributed by atoms with Crippen LogP contribution >= 0.6 is 0 Å². The van der Waals surface area contributed by atoms with Crippen molar-refractivity contribution in [3.05, 3.63) is 60.6 Å². The van der Waals surface area contributed by atoms with Crippen molar-refractivity contribution >= 4 is 5.90 Å². The highest BCUT2D eigenvalue weighted by Crippen LogP contribution is 2.35. The predicted octanol–water partition coefficient (Wildman–Crippen LogP) is 3.22. The molecule has 0 saturated heterocycles. The maximum Gasteiger partial charge on any atom is 0.235 e. The quantitative estimate of drug-likeness (QED) is 0.784. The minimum atomic E-state index is -0.619. The molecule has 0 saturated carbocycles. The summed E-state index contributed by atoms with van der Waals surface area (Å²) < 4.78 is 7.54. The van der Waals surface area contributed by atoms with E-state index in [1.807, 2.05) is 44.4 Å². The standard InChI is InChI=1S/C19H18N4O3/c1-19(14-3-5-15(24)6-4-14)9-18(22-26-19)25-16-7-8-17(20-11-16)13-10-21-23(2)12-13/h3-8,10-12,24H,9H2,1-2H3/t19-/m0/s1. The summed E-state index contributed by atoms with van der Waals surface area (Å²) in [6, 6.07) is 10.6. The van der Waals surface area contributed by atoms with Gasteiger partial charge >= 0.3 is 0 Å². The summed E-state index contributed by atoms with van der Waals surface area (Å²) >= 11 is 0. The first kappa shape index (κ1) is 16.1. The van der Waals surface area contributed by atoms with Crippen LogP contribution in [0.15, 0.2) is 60.1 Å². The third kappa shape index (κ3) is 3.11. The Morgan fingerprint density at radius 3 is 2.62 bits per heavy atom. The van der Waals surface area contributed by atoms with Crippen LogP contribution in [0.25, 0.3) is 11.3 Å². The van der Waals surface area contributed by atoms with E-state index in [-0.39, 0.29) is 5.75 Å². The molecule has 4 rings (SSSR count). The van der Waals surface area contributed by atoms with Gasteiger partial charge in [0.25, 0.3) is 0 Å². The SMILES string of the molecule is Cn1cc(-c2ccc(OC3=NO[C@](C)(c4ccc(O)cc4)C3)cn2)cn1. The Labute approximate surface area is 150 Å². The molecule has 1 aromatic carbocycles. The number of phenols is 1. The molecule has 0 spiro atoms. The van der Waals surface area contributed by atoms with Gasteiger partial charge in [-0.2, -0.15) is 5.10 Å². The lowest BCUT2D eigenvalue weighted by Crippen LogP contribution is -2.23. The number of rotatable bonds is 3. The van der Waals surface area contributed by atoms with Crippen LogP contribution in [0, 0.1) is 0 Å². The fourth-order valence-corrected chi connectivity index (χ4v) is 2.83. The van der Waals surface area contributed by atoms with Crippen LogP contribution in [0.2, 0.25) is 0 Å². The van der Waals surface area contributed by atoms with Crippen molar-refractivity contribution in [1.29, 1.82) is 0 Å². The molecule has 0 fully saturated rings. The molecule has 0 unspecified atom stereocenters. The van der Waals surface area contributed by atoms with Crippen LogP contribution in [0.3, 0.4) is 0 Å². The highest BCUT2D eigenvalue weighted by Gasteiger charge is 2.37. The number of hydrogen-bond donors (Lipinski definition) is 1. The molecule has 1 aliphatic rings. The van der Waals surface area contributed by atoms with Crippen LogP contribution in [0.5, 0.6) is 11.5 Å². The lowest BCUT2D eigenvalue weighted by molar-refractivity contribution is -0.00742. The van der Waals surface area contributed by atoms with E-state index < -0.39 is 5.60 Å². The average molecular weight is 350 g/mol. The number of phenolic OH excluding ortho intramolecular Hbond substituents is 1. The number of aromatic nitrogens is 3. The molecule has 3 aromatic rings. The van der Waals surface area contributed by atoms with Gasteiger partial charge in [-0.15, -0.1) is 0 Å². The smallest absolute Gasteiger partial charge is 0.235 e. The van der Waals surface area contributed by atoms with Crippen molar-refractivity contribution in [2.45, 2.75) is 18.9 Å². The molecule has 1 aliphatic heterocycles. The van der Waals surface area contributed by atoms with Crippen molar-refractivity contribution in [3.63, 3.8) is 0 Å². The second kappa shape index (κ2) is 6.18. The molecular formula is C19H18N4O3. The lowest BCUT2D eigenvalue weighted by Gasteiger charge is -2.21. The second-order valence-electron chi connectivity index (χ2n) is 6.41. The normalized spacial score (nSPS) is 19.1. The minimum absolute atomic E-state index is 0.215. The molecule has 0 bridgehead atoms. The van der Waals surface area contributed by atoms with Gasteiger partial charge in [0.05, 0.1) is 24.5 Å². The molecule has 0 radical (unpaired) electrons. The summed E-state index contributed by atoms with van der Waals surface area (Å²) in [5, 5.41) is 17.6. The summed E-state index contributed by atoms with van der Waals surface area (Å²) in [6.45, 7) is 1.93. The number of hydrogen-bond acceptors (Lipinski definition) is 6. The zero-order valence-electron chi connectivity index (χ0n) is 14.5. The Kier molecular flexibility index (Phi) is 3.84. The average Bonchev–Trinajstić information content (AvgIpc) is 3.23. The number of oxime groups is 1. The highest BCUT2D eigenvalue weighted by atomic mass is 16.7. The Hall–Kier alpha value is -3.35. The van der Waals surface area contributed by atoms with Gasteiger partial charge in [-0.25, -0.2) is 0 Å². The van der Waals surface area contributed by atoms with Gasteiger partial charge in [-0.1, -0.05) is 17.3 Å². The van der Waals surface area contributed by atoms with Crippen molar-refractivity contribution in [2.24, 2.45) is 12.2 Å². The summed E-state index contributed by atoms with van der Waals surface area (Å²) in [7, 11) is 1.87. The first-order chi connectivity index (χ1) is 12.5. The van der Waals surface area contributed by atoms with Gasteiger partial charge in [0, 0.05) is 18.8 Å². The van der Waals surface area contributed by atoms with Crippen molar-refractivity contribution in [2.75, 3.05) is 0 Å². The summed E-state index contributed by atoms with van der Waals surface area (Å²) in [4.78, 5) is 10.0. The topological polar surface area (TPSA) is 81.8 Å². The van der Waals surface area contributed by atoms with E-state index in [4.69, 9.17) is 9.57 Å². The van der Waals surface area contributed by atoms with Gasteiger partial charge in [0.15, 0.2) is 5.60 Å². The maximum absolute atomic E-state index is 9.43. The van der Waals surface area contributed by atoms with E-state index >= 15 is 0 Å². The first-order valence-corrected chi connectivity index (χ1v) is 8.19. The van der Waals surface area contributed by atoms with Crippen LogP contribution in [-0.2, 0) is 17.5 Å². The van der Waals surface area contributed by atoms with Crippen LogP contribution in [-0.4, -0.2) is 25.8 Å². The Bertz CT molecular complexity index is 948.